The van der Waals surface area contributed by atoms with Crippen LogP contribution in [0.3, 0.4) is 0 Å². The topological polar surface area (TPSA) is 54.6 Å². The first-order valence-corrected chi connectivity index (χ1v) is 11.7. The van der Waals surface area contributed by atoms with Gasteiger partial charge < -0.3 is 14.5 Å². The van der Waals surface area contributed by atoms with Crippen LogP contribution in [0.4, 0.5) is 4.79 Å². The van der Waals surface area contributed by atoms with E-state index in [2.05, 4.69) is 11.6 Å². The smallest absolute Gasteiger partial charge is 0.416 e. The summed E-state index contributed by atoms with van der Waals surface area (Å²) >= 11 is 12.3. The van der Waals surface area contributed by atoms with Gasteiger partial charge in [-0.25, -0.2) is 4.79 Å². The van der Waals surface area contributed by atoms with Gasteiger partial charge in [-0.1, -0.05) is 48.0 Å². The van der Waals surface area contributed by atoms with E-state index in [-0.39, 0.29) is 6.04 Å². The zero-order chi connectivity index (χ0) is 23.7. The summed E-state index contributed by atoms with van der Waals surface area (Å²) in [6.45, 7) is 4.61. The van der Waals surface area contributed by atoms with Crippen LogP contribution in [0.15, 0.2) is 79.4 Å². The number of hydrogen-bond acceptors (Lipinski definition) is 3. The maximum atomic E-state index is 13.3. The number of halogens is 2. The van der Waals surface area contributed by atoms with Crippen LogP contribution in [0, 0.1) is 0 Å². The van der Waals surface area contributed by atoms with Crippen molar-refractivity contribution in [2.75, 3.05) is 13.2 Å². The molecule has 172 valence electrons. The number of carbonyl (C=O) groups is 1. The lowest BCUT2D eigenvalue weighted by Crippen LogP contribution is -2.42. The molecule has 0 saturated carbocycles. The van der Waals surface area contributed by atoms with Crippen molar-refractivity contribution >= 4 is 40.2 Å². The second-order valence-electron chi connectivity index (χ2n) is 8.04. The van der Waals surface area contributed by atoms with Crippen molar-refractivity contribution < 1.29 is 14.3 Å². The average molecular weight is 493 g/mol. The Morgan fingerprint density at radius 3 is 2.47 bits per heavy atom. The lowest BCUT2D eigenvalue weighted by Gasteiger charge is -2.35. The number of rotatable bonds is 5. The van der Waals surface area contributed by atoms with E-state index in [1.54, 1.807) is 35.2 Å². The van der Waals surface area contributed by atoms with Gasteiger partial charge in [0, 0.05) is 33.2 Å². The standard InChI is InChI=1S/C27H22Cl2N2O3/c1-2-15-33-20-8-3-17(4-9-20)26-25-22(23-16-19(29)7-12-24(23)30-25)13-14-31(26)27(32)34-21-10-5-18(28)6-11-21/h2-12,16,26,30H,1,13-15H2/t26-/m1/s1. The van der Waals surface area contributed by atoms with E-state index in [4.69, 9.17) is 32.7 Å². The average Bonchev–Trinajstić information content (AvgIpc) is 3.21. The molecule has 5 rings (SSSR count). The molecule has 1 amide bonds. The monoisotopic (exact) mass is 492 g/mol. The van der Waals surface area contributed by atoms with Gasteiger partial charge in [-0.15, -0.1) is 0 Å². The Morgan fingerprint density at radius 1 is 1.03 bits per heavy atom. The van der Waals surface area contributed by atoms with Crippen LogP contribution in [-0.2, 0) is 6.42 Å². The molecule has 0 unspecified atom stereocenters. The van der Waals surface area contributed by atoms with E-state index >= 15 is 0 Å². The van der Waals surface area contributed by atoms with Gasteiger partial charge in [0.1, 0.15) is 24.1 Å². The first kappa shape index (κ1) is 22.4. The third kappa shape index (κ3) is 4.37. The van der Waals surface area contributed by atoms with Gasteiger partial charge in [0.2, 0.25) is 0 Å². The molecule has 0 bridgehead atoms. The fourth-order valence-corrected chi connectivity index (χ4v) is 4.67. The second-order valence-corrected chi connectivity index (χ2v) is 8.92. The number of nitrogens with zero attached hydrogens (tertiary/aromatic N) is 1. The minimum Gasteiger partial charge on any atom is -0.490 e. The summed E-state index contributed by atoms with van der Waals surface area (Å²) in [7, 11) is 0. The van der Waals surface area contributed by atoms with E-state index in [9.17, 15) is 4.79 Å². The van der Waals surface area contributed by atoms with Crippen LogP contribution < -0.4 is 9.47 Å². The van der Waals surface area contributed by atoms with Crippen LogP contribution in [0.5, 0.6) is 11.5 Å². The Bertz CT molecular complexity index is 1350. The van der Waals surface area contributed by atoms with Gasteiger partial charge in [0.05, 0.1) is 0 Å². The molecule has 1 atom stereocenters. The zero-order valence-electron chi connectivity index (χ0n) is 18.3. The molecular formula is C27H22Cl2N2O3. The number of amides is 1. The highest BCUT2D eigenvalue weighted by atomic mass is 35.5. The zero-order valence-corrected chi connectivity index (χ0v) is 19.8. The first-order chi connectivity index (χ1) is 16.5. The number of aromatic amines is 1. The normalized spacial score (nSPS) is 15.1. The summed E-state index contributed by atoms with van der Waals surface area (Å²) in [5, 5.41) is 2.33. The van der Waals surface area contributed by atoms with Crippen molar-refractivity contribution in [2.45, 2.75) is 12.5 Å². The van der Waals surface area contributed by atoms with Crippen molar-refractivity contribution in [1.82, 2.24) is 9.88 Å². The molecule has 1 aromatic heterocycles. The molecular weight excluding hydrogens is 471 g/mol. The molecule has 2 heterocycles. The summed E-state index contributed by atoms with van der Waals surface area (Å²) in [6.07, 6.45) is 1.95. The molecule has 0 fully saturated rings. The summed E-state index contributed by atoms with van der Waals surface area (Å²) in [5.41, 5.74) is 4.04. The summed E-state index contributed by atoms with van der Waals surface area (Å²) < 4.78 is 11.3. The molecule has 0 saturated heterocycles. The van der Waals surface area contributed by atoms with Crippen molar-refractivity contribution in [2.24, 2.45) is 0 Å². The third-order valence-corrected chi connectivity index (χ3v) is 6.39. The van der Waals surface area contributed by atoms with Crippen LogP contribution in [0.25, 0.3) is 10.9 Å². The molecule has 3 aromatic carbocycles. The van der Waals surface area contributed by atoms with E-state index in [1.807, 2.05) is 42.5 Å². The van der Waals surface area contributed by atoms with Gasteiger partial charge in [-0.05, 0) is 72.1 Å². The number of nitrogens with one attached hydrogen (secondary N) is 1. The highest BCUT2D eigenvalue weighted by Gasteiger charge is 2.35. The van der Waals surface area contributed by atoms with Gasteiger partial charge >= 0.3 is 6.09 Å². The molecule has 5 nitrogen and oxygen atoms in total. The molecule has 0 radical (unpaired) electrons. The summed E-state index contributed by atoms with van der Waals surface area (Å²) in [6, 6.07) is 19.9. The fraction of sp³-hybridized carbons (Fsp3) is 0.148. The highest BCUT2D eigenvalue weighted by molar-refractivity contribution is 6.31. The van der Waals surface area contributed by atoms with Gasteiger partial charge in [-0.3, -0.25) is 4.90 Å². The van der Waals surface area contributed by atoms with Crippen molar-refractivity contribution in [3.8, 4) is 11.5 Å². The van der Waals surface area contributed by atoms with Crippen LogP contribution in [0.2, 0.25) is 10.0 Å². The number of hydrogen-bond donors (Lipinski definition) is 1. The molecule has 1 N–H and O–H groups in total. The Labute approximate surface area is 207 Å². The summed E-state index contributed by atoms with van der Waals surface area (Å²) in [4.78, 5) is 18.6. The van der Waals surface area contributed by atoms with Crippen LogP contribution in [0.1, 0.15) is 22.9 Å². The van der Waals surface area contributed by atoms with E-state index < -0.39 is 6.09 Å². The minimum atomic E-state index is -0.429. The van der Waals surface area contributed by atoms with Crippen molar-refractivity contribution in [3.05, 3.63) is 106 Å². The highest BCUT2D eigenvalue weighted by Crippen LogP contribution is 2.40. The lowest BCUT2D eigenvalue weighted by molar-refractivity contribution is 0.135. The molecule has 34 heavy (non-hydrogen) atoms. The number of aromatic nitrogens is 1. The largest absolute Gasteiger partial charge is 0.490 e. The lowest BCUT2D eigenvalue weighted by atomic mass is 9.92. The SMILES string of the molecule is C=CCOc1ccc([C@@H]2c3[nH]c4ccc(Cl)cc4c3CCN2C(=O)Oc2ccc(Cl)cc2)cc1. The predicted octanol–water partition coefficient (Wildman–Crippen LogP) is 7.19. The van der Waals surface area contributed by atoms with Crippen LogP contribution >= 0.6 is 23.2 Å². The van der Waals surface area contributed by atoms with Crippen molar-refractivity contribution in [1.29, 1.82) is 0 Å². The molecule has 1 aliphatic heterocycles. The maximum absolute atomic E-state index is 13.3. The fourth-order valence-electron chi connectivity index (χ4n) is 4.37. The third-order valence-electron chi connectivity index (χ3n) is 5.91. The van der Waals surface area contributed by atoms with E-state index in [1.165, 1.54) is 0 Å². The second kappa shape index (κ2) is 9.45. The quantitative estimate of drug-likeness (QED) is 0.300. The van der Waals surface area contributed by atoms with Gasteiger partial charge in [0.25, 0.3) is 0 Å². The minimum absolute atomic E-state index is 0.358. The first-order valence-electron chi connectivity index (χ1n) is 10.9. The number of ether oxygens (including phenoxy) is 2. The number of H-pyrrole nitrogens is 1. The van der Waals surface area contributed by atoms with Crippen molar-refractivity contribution in [3.63, 3.8) is 0 Å². The summed E-state index contributed by atoms with van der Waals surface area (Å²) in [5.74, 6) is 1.17. The molecule has 0 aliphatic carbocycles. The predicted molar refractivity (Wildman–Crippen MR) is 135 cm³/mol. The van der Waals surface area contributed by atoms with E-state index in [0.717, 1.165) is 33.5 Å². The number of fused-ring (bicyclic) bond motifs is 3. The van der Waals surface area contributed by atoms with Crippen LogP contribution in [-0.4, -0.2) is 29.1 Å². The number of benzene rings is 3. The number of carbonyl (C=O) groups excluding carboxylic acids is 1. The molecule has 0 spiro atoms. The Hall–Kier alpha value is -3.41. The molecule has 1 aliphatic rings. The van der Waals surface area contributed by atoms with Gasteiger partial charge in [0.15, 0.2) is 0 Å². The Morgan fingerprint density at radius 2 is 1.74 bits per heavy atom. The maximum Gasteiger partial charge on any atom is 0.416 e. The van der Waals surface area contributed by atoms with E-state index in [0.29, 0.717) is 35.4 Å². The Kier molecular flexibility index (Phi) is 6.22. The Balaban J connectivity index is 1.54. The molecule has 7 heteroatoms. The molecule has 4 aromatic rings. The van der Waals surface area contributed by atoms with Gasteiger partial charge in [-0.2, -0.15) is 0 Å².